The molecule has 1 amide bonds. The van der Waals surface area contributed by atoms with Gasteiger partial charge in [0.25, 0.3) is 5.91 Å². The van der Waals surface area contributed by atoms with Crippen LogP contribution >= 0.6 is 0 Å². The van der Waals surface area contributed by atoms with E-state index >= 15 is 0 Å². The van der Waals surface area contributed by atoms with Crippen molar-refractivity contribution in [3.05, 3.63) is 87.8 Å². The molecule has 2 unspecified atom stereocenters. The van der Waals surface area contributed by atoms with Crippen LogP contribution < -0.4 is 20.4 Å². The van der Waals surface area contributed by atoms with Crippen LogP contribution in [0.15, 0.2) is 69.9 Å². The number of carbonyl (C=O) groups excluding carboxylic acids is 1. The molecule has 0 aliphatic carbocycles. The second kappa shape index (κ2) is 11.3. The van der Waals surface area contributed by atoms with Gasteiger partial charge >= 0.3 is 5.63 Å². The molecular formula is C32H33NO8. The van der Waals surface area contributed by atoms with Crippen molar-refractivity contribution in [3.63, 3.8) is 0 Å². The molecule has 1 saturated heterocycles. The Morgan fingerprint density at radius 2 is 1.76 bits per heavy atom. The van der Waals surface area contributed by atoms with Gasteiger partial charge in [0, 0.05) is 24.7 Å². The van der Waals surface area contributed by atoms with Gasteiger partial charge in [-0.25, -0.2) is 4.79 Å². The molecule has 214 valence electrons. The number of aryl methyl sites for hydroxylation is 2. The molecule has 0 spiro atoms. The van der Waals surface area contributed by atoms with E-state index in [2.05, 4.69) is 5.32 Å². The van der Waals surface area contributed by atoms with Crippen molar-refractivity contribution >= 4 is 22.6 Å². The summed E-state index contributed by atoms with van der Waals surface area (Å²) in [6, 6.07) is 17.3. The molecule has 2 atom stereocenters. The monoisotopic (exact) mass is 559 g/mol. The smallest absolute Gasteiger partial charge is 0.364 e. The lowest BCUT2D eigenvalue weighted by molar-refractivity contribution is -0.233. The van der Waals surface area contributed by atoms with Crippen molar-refractivity contribution in [2.24, 2.45) is 0 Å². The number of carbonyl (C=O) groups is 1. The third-order valence-corrected chi connectivity index (χ3v) is 7.23. The van der Waals surface area contributed by atoms with E-state index in [0.717, 1.165) is 12.0 Å². The minimum Gasteiger partial charge on any atom is -0.505 e. The lowest BCUT2D eigenvalue weighted by Crippen LogP contribution is -2.49. The largest absolute Gasteiger partial charge is 0.505 e. The summed E-state index contributed by atoms with van der Waals surface area (Å²) in [5.41, 5.74) is 0.158. The van der Waals surface area contributed by atoms with Crippen molar-refractivity contribution in [2.75, 3.05) is 12.4 Å². The van der Waals surface area contributed by atoms with Crippen LogP contribution in [0.25, 0.3) is 11.0 Å². The predicted molar refractivity (Wildman–Crippen MR) is 154 cm³/mol. The van der Waals surface area contributed by atoms with E-state index < -0.39 is 29.2 Å². The van der Waals surface area contributed by atoms with E-state index in [9.17, 15) is 14.7 Å². The molecule has 0 saturated carbocycles. The van der Waals surface area contributed by atoms with Crippen molar-refractivity contribution < 1.29 is 33.3 Å². The van der Waals surface area contributed by atoms with Gasteiger partial charge in [-0.15, -0.1) is 0 Å². The first-order valence-electron chi connectivity index (χ1n) is 13.4. The number of nitrogens with one attached hydrogen (secondary N) is 1. The number of aromatic hydroxyl groups is 1. The summed E-state index contributed by atoms with van der Waals surface area (Å²) in [7, 11) is 1.66. The van der Waals surface area contributed by atoms with Gasteiger partial charge < -0.3 is 33.8 Å². The number of hydrogen-bond donors (Lipinski definition) is 2. The number of ether oxygens (including phenoxy) is 4. The fourth-order valence-electron chi connectivity index (χ4n) is 5.04. The topological polar surface area (TPSA) is 116 Å². The molecule has 1 aliphatic heterocycles. The lowest BCUT2D eigenvalue weighted by Gasteiger charge is -2.41. The fraction of sp³-hybridized carbons (Fsp3) is 0.312. The van der Waals surface area contributed by atoms with Crippen LogP contribution in [0.1, 0.15) is 48.2 Å². The van der Waals surface area contributed by atoms with Gasteiger partial charge in [0.2, 0.25) is 6.29 Å². The maximum absolute atomic E-state index is 13.1. The van der Waals surface area contributed by atoms with E-state index in [1.165, 1.54) is 0 Å². The van der Waals surface area contributed by atoms with E-state index in [4.69, 9.17) is 23.4 Å². The Balaban J connectivity index is 1.36. The van der Waals surface area contributed by atoms with Crippen molar-refractivity contribution in [3.8, 4) is 23.0 Å². The minimum atomic E-state index is -0.895. The highest BCUT2D eigenvalue weighted by Crippen LogP contribution is 2.37. The van der Waals surface area contributed by atoms with Crippen LogP contribution in [0.4, 0.5) is 5.69 Å². The number of benzene rings is 3. The molecule has 5 rings (SSSR count). The molecule has 9 heteroatoms. The second-order valence-corrected chi connectivity index (χ2v) is 10.6. The highest BCUT2D eigenvalue weighted by Gasteiger charge is 2.39. The predicted octanol–water partition coefficient (Wildman–Crippen LogP) is 6.47. The average Bonchev–Trinajstić information content (AvgIpc) is 2.92. The van der Waals surface area contributed by atoms with Gasteiger partial charge in [-0.05, 0) is 82.1 Å². The van der Waals surface area contributed by atoms with Gasteiger partial charge in [-0.2, -0.15) is 0 Å². The highest BCUT2D eigenvalue weighted by molar-refractivity contribution is 6.06. The molecular weight excluding hydrogens is 526 g/mol. The van der Waals surface area contributed by atoms with Crippen LogP contribution in [0.3, 0.4) is 0 Å². The van der Waals surface area contributed by atoms with Crippen LogP contribution in [0, 0.1) is 13.8 Å². The Kier molecular flexibility index (Phi) is 7.75. The Morgan fingerprint density at radius 3 is 2.46 bits per heavy atom. The molecule has 1 fully saturated rings. The van der Waals surface area contributed by atoms with Crippen molar-refractivity contribution in [1.29, 1.82) is 0 Å². The zero-order valence-electron chi connectivity index (χ0n) is 23.6. The maximum Gasteiger partial charge on any atom is 0.364 e. The normalized spacial score (nSPS) is 18.2. The van der Waals surface area contributed by atoms with E-state index in [0.29, 0.717) is 29.2 Å². The summed E-state index contributed by atoms with van der Waals surface area (Å²) in [5.74, 6) is 0.532. The number of hydrogen-bond acceptors (Lipinski definition) is 8. The highest BCUT2D eigenvalue weighted by atomic mass is 16.7. The summed E-state index contributed by atoms with van der Waals surface area (Å²) in [6.07, 6.45) is 0.821. The van der Waals surface area contributed by atoms with Crippen LogP contribution in [0.2, 0.25) is 0 Å². The first-order valence-corrected chi connectivity index (χ1v) is 13.4. The van der Waals surface area contributed by atoms with Crippen LogP contribution in [0.5, 0.6) is 23.0 Å². The average molecular weight is 560 g/mol. The van der Waals surface area contributed by atoms with Gasteiger partial charge in [0.05, 0.1) is 17.1 Å². The molecule has 4 aromatic rings. The summed E-state index contributed by atoms with van der Waals surface area (Å²) in [6.45, 7) is 7.58. The van der Waals surface area contributed by atoms with Gasteiger partial charge in [0.1, 0.15) is 22.8 Å². The first kappa shape index (κ1) is 28.2. The second-order valence-electron chi connectivity index (χ2n) is 10.6. The molecule has 3 aromatic carbocycles. The maximum atomic E-state index is 13.1. The number of amides is 1. The van der Waals surface area contributed by atoms with Gasteiger partial charge in [0.15, 0.2) is 11.4 Å². The summed E-state index contributed by atoms with van der Waals surface area (Å²) >= 11 is 0. The van der Waals surface area contributed by atoms with Crippen molar-refractivity contribution in [1.82, 2.24) is 0 Å². The molecule has 41 heavy (non-hydrogen) atoms. The van der Waals surface area contributed by atoms with E-state index in [1.807, 2.05) is 45.0 Å². The van der Waals surface area contributed by atoms with Gasteiger partial charge in [-0.3, -0.25) is 4.79 Å². The molecule has 0 radical (unpaired) electrons. The number of methoxy groups -OCH3 is 1. The molecule has 0 bridgehead atoms. The van der Waals surface area contributed by atoms with E-state index in [-0.39, 0.29) is 28.3 Å². The SMILES string of the molecule is COC1CCC(Oc2ccc3c(O)c(NC(=O)c4cccc(Oc5cccc(C)c5)c4)c(=O)oc3c2C)OC1(C)C. The molecule has 1 aromatic heterocycles. The minimum absolute atomic E-state index is 0.0493. The van der Waals surface area contributed by atoms with Crippen LogP contribution in [-0.4, -0.2) is 36.1 Å². The third-order valence-electron chi connectivity index (χ3n) is 7.23. The quantitative estimate of drug-likeness (QED) is 0.248. The Labute approximate surface area is 237 Å². The van der Waals surface area contributed by atoms with Gasteiger partial charge in [-0.1, -0.05) is 18.2 Å². The molecule has 9 nitrogen and oxygen atoms in total. The lowest BCUT2D eigenvalue weighted by atomic mass is 9.94. The zero-order valence-corrected chi connectivity index (χ0v) is 23.6. The molecule has 2 N–H and O–H groups in total. The fourth-order valence-corrected chi connectivity index (χ4v) is 5.04. The number of anilines is 1. The molecule has 1 aliphatic rings. The Bertz CT molecular complexity index is 1660. The summed E-state index contributed by atoms with van der Waals surface area (Å²) in [5, 5.41) is 13.7. The van der Waals surface area contributed by atoms with E-state index in [1.54, 1.807) is 50.4 Å². The van der Waals surface area contributed by atoms with Crippen LogP contribution in [-0.2, 0) is 9.47 Å². The number of fused-ring (bicyclic) bond motifs is 1. The molecule has 2 heterocycles. The third kappa shape index (κ3) is 5.91. The standard InChI is InChI=1S/C32H33NO8/c1-18-8-6-10-21(16-18)38-22-11-7-9-20(17-22)30(35)33-27-28(34)23-12-13-24(19(2)29(23)40-31(27)36)39-26-15-14-25(37-5)32(3,4)41-26/h6-13,16-17,25-26,34H,14-15H2,1-5H3,(H,33,35). The summed E-state index contributed by atoms with van der Waals surface area (Å²) in [4.78, 5) is 26.0. The van der Waals surface area contributed by atoms with Crippen molar-refractivity contribution in [2.45, 2.75) is 58.5 Å². The summed E-state index contributed by atoms with van der Waals surface area (Å²) < 4.78 is 29.2. The number of rotatable bonds is 7. The zero-order chi connectivity index (χ0) is 29.3. The Hall–Kier alpha value is -4.34. The first-order chi connectivity index (χ1) is 19.6. The Morgan fingerprint density at radius 1 is 1.02 bits per heavy atom.